The first-order valence-electron chi connectivity index (χ1n) is 5.18. The maximum absolute atomic E-state index is 10.4. The van der Waals surface area contributed by atoms with Gasteiger partial charge in [0.05, 0.1) is 5.69 Å². The van der Waals surface area contributed by atoms with Gasteiger partial charge in [-0.05, 0) is 29.2 Å². The molecule has 0 aliphatic heterocycles. The molecule has 0 fully saturated rings. The zero-order valence-corrected chi connectivity index (χ0v) is 8.60. The number of fused-ring (bicyclic) bond motifs is 3. The SMILES string of the molecule is O=C=Nc1cccc2c1-c1ccccc1C2. The Morgan fingerprint density at radius 1 is 1.00 bits per heavy atom. The first kappa shape index (κ1) is 9.08. The average Bonchev–Trinajstić information content (AvgIpc) is 2.68. The number of rotatable bonds is 1. The number of isocyanates is 1. The van der Waals surface area contributed by atoms with Crippen LogP contribution in [0.2, 0.25) is 0 Å². The van der Waals surface area contributed by atoms with E-state index in [1.807, 2.05) is 24.3 Å². The second-order valence-electron chi connectivity index (χ2n) is 3.85. The molecule has 0 heterocycles. The number of nitrogens with zero attached hydrogens (tertiary/aromatic N) is 1. The summed E-state index contributed by atoms with van der Waals surface area (Å²) in [5.41, 5.74) is 5.52. The first-order valence-corrected chi connectivity index (χ1v) is 5.18. The van der Waals surface area contributed by atoms with Gasteiger partial charge in [0.1, 0.15) is 0 Å². The summed E-state index contributed by atoms with van der Waals surface area (Å²) in [4.78, 5) is 14.2. The highest BCUT2D eigenvalue weighted by Crippen LogP contribution is 2.42. The van der Waals surface area contributed by atoms with Crippen LogP contribution in [0.4, 0.5) is 5.69 Å². The van der Waals surface area contributed by atoms with Crippen LogP contribution in [0.5, 0.6) is 0 Å². The van der Waals surface area contributed by atoms with Gasteiger partial charge >= 0.3 is 0 Å². The van der Waals surface area contributed by atoms with Gasteiger partial charge in [0.15, 0.2) is 0 Å². The summed E-state index contributed by atoms with van der Waals surface area (Å²) in [7, 11) is 0. The van der Waals surface area contributed by atoms with Crippen molar-refractivity contribution in [1.82, 2.24) is 0 Å². The molecule has 0 bridgehead atoms. The third-order valence-corrected chi connectivity index (χ3v) is 2.96. The molecule has 0 unspecified atom stereocenters. The van der Waals surface area contributed by atoms with Crippen LogP contribution in [0.3, 0.4) is 0 Å². The van der Waals surface area contributed by atoms with Crippen molar-refractivity contribution in [3.63, 3.8) is 0 Å². The average molecular weight is 207 g/mol. The molecule has 0 saturated carbocycles. The van der Waals surface area contributed by atoms with Gasteiger partial charge in [-0.15, -0.1) is 0 Å². The monoisotopic (exact) mass is 207 g/mol. The van der Waals surface area contributed by atoms with Gasteiger partial charge in [-0.25, -0.2) is 4.79 Å². The number of hydrogen-bond acceptors (Lipinski definition) is 2. The molecule has 0 saturated heterocycles. The molecule has 3 rings (SSSR count). The molecule has 2 aromatic rings. The van der Waals surface area contributed by atoms with Crippen molar-refractivity contribution in [3.8, 4) is 11.1 Å². The lowest BCUT2D eigenvalue weighted by Gasteiger charge is -2.03. The normalized spacial score (nSPS) is 11.5. The Bertz CT molecular complexity index is 610. The van der Waals surface area contributed by atoms with Crippen LogP contribution < -0.4 is 0 Å². The standard InChI is InChI=1S/C14H9NO/c16-9-15-13-7-3-5-11-8-10-4-1-2-6-12(10)14(11)13/h1-7H,8H2. The lowest BCUT2D eigenvalue weighted by molar-refractivity contribution is 0.565. The van der Waals surface area contributed by atoms with E-state index in [0.29, 0.717) is 0 Å². The molecular formula is C14H9NO. The Morgan fingerprint density at radius 2 is 1.81 bits per heavy atom. The molecule has 0 atom stereocenters. The molecule has 2 aromatic carbocycles. The number of hydrogen-bond donors (Lipinski definition) is 0. The minimum atomic E-state index is 0.720. The van der Waals surface area contributed by atoms with Crippen molar-refractivity contribution in [2.24, 2.45) is 4.99 Å². The molecular weight excluding hydrogens is 198 g/mol. The van der Waals surface area contributed by atoms with E-state index in [4.69, 9.17) is 0 Å². The summed E-state index contributed by atoms with van der Waals surface area (Å²) < 4.78 is 0. The van der Waals surface area contributed by atoms with Crippen LogP contribution in [0.15, 0.2) is 47.5 Å². The summed E-state index contributed by atoms with van der Waals surface area (Å²) in [6.45, 7) is 0. The minimum Gasteiger partial charge on any atom is -0.211 e. The second-order valence-corrected chi connectivity index (χ2v) is 3.85. The van der Waals surface area contributed by atoms with Crippen LogP contribution >= 0.6 is 0 Å². The Hall–Kier alpha value is -2.18. The fourth-order valence-corrected chi connectivity index (χ4v) is 2.31. The van der Waals surface area contributed by atoms with E-state index in [2.05, 4.69) is 23.2 Å². The third kappa shape index (κ3) is 1.21. The van der Waals surface area contributed by atoms with Crippen LogP contribution in [0.1, 0.15) is 11.1 Å². The predicted octanol–water partition coefficient (Wildman–Crippen LogP) is 3.23. The molecule has 0 radical (unpaired) electrons. The molecule has 1 aliphatic carbocycles. The quantitative estimate of drug-likeness (QED) is 0.445. The van der Waals surface area contributed by atoms with Gasteiger partial charge < -0.3 is 0 Å². The van der Waals surface area contributed by atoms with Crippen molar-refractivity contribution in [2.75, 3.05) is 0 Å². The Kier molecular flexibility index (Phi) is 1.95. The fourth-order valence-electron chi connectivity index (χ4n) is 2.31. The molecule has 2 heteroatoms. The van der Waals surface area contributed by atoms with E-state index in [0.717, 1.165) is 17.7 Å². The predicted molar refractivity (Wildman–Crippen MR) is 62.5 cm³/mol. The van der Waals surface area contributed by atoms with E-state index < -0.39 is 0 Å². The zero-order chi connectivity index (χ0) is 11.0. The van der Waals surface area contributed by atoms with Crippen molar-refractivity contribution in [2.45, 2.75) is 6.42 Å². The van der Waals surface area contributed by atoms with Crippen molar-refractivity contribution in [3.05, 3.63) is 53.6 Å². The topological polar surface area (TPSA) is 29.4 Å². The van der Waals surface area contributed by atoms with Crippen LogP contribution in [-0.2, 0) is 11.2 Å². The summed E-state index contributed by atoms with van der Waals surface area (Å²) in [5, 5.41) is 0. The smallest absolute Gasteiger partial charge is 0.211 e. The number of aliphatic imine (C=N–C) groups is 1. The highest BCUT2D eigenvalue weighted by molar-refractivity contribution is 5.86. The largest absolute Gasteiger partial charge is 0.240 e. The first-order chi connectivity index (χ1) is 7.90. The van der Waals surface area contributed by atoms with Gasteiger partial charge in [0, 0.05) is 5.56 Å². The highest BCUT2D eigenvalue weighted by atomic mass is 16.1. The third-order valence-electron chi connectivity index (χ3n) is 2.96. The van der Waals surface area contributed by atoms with Gasteiger partial charge in [-0.2, -0.15) is 4.99 Å². The van der Waals surface area contributed by atoms with Gasteiger partial charge in [0.25, 0.3) is 0 Å². The summed E-state index contributed by atoms with van der Waals surface area (Å²) in [6.07, 6.45) is 2.54. The zero-order valence-electron chi connectivity index (χ0n) is 8.60. The van der Waals surface area contributed by atoms with Crippen LogP contribution in [0, 0.1) is 0 Å². The fraction of sp³-hybridized carbons (Fsp3) is 0.0714. The molecule has 2 nitrogen and oxygen atoms in total. The molecule has 76 valence electrons. The van der Waals surface area contributed by atoms with Crippen LogP contribution in [0.25, 0.3) is 11.1 Å². The molecule has 0 spiro atoms. The second kappa shape index (κ2) is 3.44. The highest BCUT2D eigenvalue weighted by Gasteiger charge is 2.20. The van der Waals surface area contributed by atoms with Gasteiger partial charge in [0.2, 0.25) is 6.08 Å². The van der Waals surface area contributed by atoms with Gasteiger partial charge in [-0.1, -0.05) is 36.4 Å². The molecule has 0 amide bonds. The number of carbonyl (C=O) groups excluding carboxylic acids is 1. The summed E-state index contributed by atoms with van der Waals surface area (Å²) in [6, 6.07) is 14.1. The minimum absolute atomic E-state index is 0.720. The Balaban J connectivity index is 2.33. The van der Waals surface area contributed by atoms with Crippen molar-refractivity contribution < 1.29 is 4.79 Å². The molecule has 0 N–H and O–H groups in total. The van der Waals surface area contributed by atoms with Crippen LogP contribution in [-0.4, -0.2) is 6.08 Å². The Labute approximate surface area is 93.3 Å². The number of benzene rings is 2. The van der Waals surface area contributed by atoms with Gasteiger partial charge in [-0.3, -0.25) is 0 Å². The van der Waals surface area contributed by atoms with Crippen molar-refractivity contribution >= 4 is 11.8 Å². The maximum atomic E-state index is 10.4. The lowest BCUT2D eigenvalue weighted by Crippen LogP contribution is -1.79. The summed E-state index contributed by atoms with van der Waals surface area (Å²) >= 11 is 0. The maximum Gasteiger partial charge on any atom is 0.240 e. The van der Waals surface area contributed by atoms with Crippen molar-refractivity contribution in [1.29, 1.82) is 0 Å². The lowest BCUT2D eigenvalue weighted by atomic mass is 10.0. The Morgan fingerprint density at radius 3 is 2.69 bits per heavy atom. The molecule has 16 heavy (non-hydrogen) atoms. The molecule has 0 aromatic heterocycles. The van der Waals surface area contributed by atoms with E-state index >= 15 is 0 Å². The van der Waals surface area contributed by atoms with E-state index in [1.54, 1.807) is 6.08 Å². The summed E-state index contributed by atoms with van der Waals surface area (Å²) in [5.74, 6) is 0. The van der Waals surface area contributed by atoms with E-state index in [1.165, 1.54) is 16.7 Å². The van der Waals surface area contributed by atoms with E-state index in [9.17, 15) is 4.79 Å². The molecule has 1 aliphatic rings. The van der Waals surface area contributed by atoms with E-state index in [-0.39, 0.29) is 0 Å².